The number of nitrogens with one attached hydrogen (secondary N) is 1. The van der Waals surface area contributed by atoms with Crippen LogP contribution in [0, 0.1) is 6.92 Å². The fourth-order valence-electron chi connectivity index (χ4n) is 1.19. The Labute approximate surface area is 101 Å². The van der Waals surface area contributed by atoms with Gasteiger partial charge in [-0.05, 0) is 37.6 Å². The molecule has 1 unspecified atom stereocenters. The van der Waals surface area contributed by atoms with Crippen LogP contribution in [0.25, 0.3) is 0 Å². The molecule has 3 N–H and O–H groups in total. The van der Waals surface area contributed by atoms with Crippen molar-refractivity contribution in [1.82, 2.24) is 0 Å². The molecule has 0 aliphatic carbocycles. The summed E-state index contributed by atoms with van der Waals surface area (Å²) in [5.74, 6) is -0.545. The Morgan fingerprint density at radius 1 is 1.41 bits per heavy atom. The van der Waals surface area contributed by atoms with Crippen LogP contribution in [0.4, 0.5) is 11.4 Å². The Bertz CT molecular complexity index is 538. The molecule has 0 saturated heterocycles. The lowest BCUT2D eigenvalue weighted by molar-refractivity contribution is -0.115. The first-order valence-corrected chi connectivity index (χ1v) is 7.03. The molecular formula is C11H16N2O3S. The van der Waals surface area contributed by atoms with Crippen LogP contribution < -0.4 is 11.1 Å². The van der Waals surface area contributed by atoms with E-state index in [1.165, 1.54) is 6.92 Å². The zero-order chi connectivity index (χ0) is 13.2. The van der Waals surface area contributed by atoms with Gasteiger partial charge in [-0.1, -0.05) is 0 Å². The molecule has 1 rings (SSSR count). The molecular weight excluding hydrogens is 240 g/mol. The van der Waals surface area contributed by atoms with Gasteiger partial charge in [0.05, 0.1) is 0 Å². The molecule has 6 heteroatoms. The molecule has 5 nitrogen and oxygen atoms in total. The average Bonchev–Trinajstić information content (AvgIpc) is 2.21. The zero-order valence-corrected chi connectivity index (χ0v) is 10.8. The van der Waals surface area contributed by atoms with Gasteiger partial charge in [-0.3, -0.25) is 4.79 Å². The zero-order valence-electron chi connectivity index (χ0n) is 10.0. The predicted octanol–water partition coefficient (Wildman–Crippen LogP) is 0.949. The van der Waals surface area contributed by atoms with Crippen LogP contribution in [0.3, 0.4) is 0 Å². The van der Waals surface area contributed by atoms with Gasteiger partial charge in [0.1, 0.15) is 5.25 Å². The van der Waals surface area contributed by atoms with Gasteiger partial charge in [0, 0.05) is 17.6 Å². The second-order valence-electron chi connectivity index (χ2n) is 4.03. The van der Waals surface area contributed by atoms with Crippen LogP contribution in [-0.4, -0.2) is 25.8 Å². The number of nitrogen functional groups attached to an aromatic ring is 1. The van der Waals surface area contributed by atoms with Gasteiger partial charge in [0.25, 0.3) is 0 Å². The molecule has 1 aromatic rings. The third-order valence-electron chi connectivity index (χ3n) is 2.55. The molecule has 0 spiro atoms. The number of hydrogen-bond donors (Lipinski definition) is 2. The number of carbonyl (C=O) groups excluding carboxylic acids is 1. The van der Waals surface area contributed by atoms with E-state index in [-0.39, 0.29) is 0 Å². The first-order chi connectivity index (χ1) is 7.71. The average molecular weight is 256 g/mol. The molecule has 0 fully saturated rings. The highest BCUT2D eigenvalue weighted by Crippen LogP contribution is 2.17. The molecule has 0 heterocycles. The lowest BCUT2D eigenvalue weighted by Gasteiger charge is -2.11. The van der Waals surface area contributed by atoms with E-state index in [9.17, 15) is 13.2 Å². The molecule has 0 radical (unpaired) electrons. The summed E-state index contributed by atoms with van der Waals surface area (Å²) in [6, 6.07) is 4.99. The van der Waals surface area contributed by atoms with Gasteiger partial charge >= 0.3 is 0 Å². The number of hydrogen-bond acceptors (Lipinski definition) is 4. The fourth-order valence-corrected chi connectivity index (χ4v) is 1.64. The third kappa shape index (κ3) is 3.45. The number of benzene rings is 1. The van der Waals surface area contributed by atoms with Crippen molar-refractivity contribution in [1.29, 1.82) is 0 Å². The van der Waals surface area contributed by atoms with E-state index in [0.717, 1.165) is 11.8 Å². The Morgan fingerprint density at radius 2 is 2.00 bits per heavy atom. The number of anilines is 2. The predicted molar refractivity (Wildman–Crippen MR) is 68.5 cm³/mol. The Morgan fingerprint density at radius 3 is 2.47 bits per heavy atom. The first-order valence-electron chi connectivity index (χ1n) is 5.07. The van der Waals surface area contributed by atoms with E-state index in [2.05, 4.69) is 5.32 Å². The number of rotatable bonds is 3. The summed E-state index contributed by atoms with van der Waals surface area (Å²) in [6.07, 6.45) is 1.03. The molecule has 17 heavy (non-hydrogen) atoms. The quantitative estimate of drug-likeness (QED) is 0.788. The molecule has 1 atom stereocenters. The van der Waals surface area contributed by atoms with Gasteiger partial charge < -0.3 is 11.1 Å². The second kappa shape index (κ2) is 4.75. The van der Waals surface area contributed by atoms with Crippen molar-refractivity contribution in [2.45, 2.75) is 19.1 Å². The highest BCUT2D eigenvalue weighted by Gasteiger charge is 2.23. The van der Waals surface area contributed by atoms with Crippen LogP contribution in [0.15, 0.2) is 18.2 Å². The Balaban J connectivity index is 2.85. The van der Waals surface area contributed by atoms with Crippen molar-refractivity contribution < 1.29 is 13.2 Å². The molecule has 0 bridgehead atoms. The van der Waals surface area contributed by atoms with E-state index in [0.29, 0.717) is 11.4 Å². The maximum absolute atomic E-state index is 11.6. The molecule has 0 aromatic heterocycles. The van der Waals surface area contributed by atoms with Crippen molar-refractivity contribution >= 4 is 27.1 Å². The normalized spacial score (nSPS) is 13.1. The molecule has 0 aliphatic rings. The summed E-state index contributed by atoms with van der Waals surface area (Å²) in [6.45, 7) is 3.17. The number of nitrogens with two attached hydrogens (primary N) is 1. The second-order valence-corrected chi connectivity index (χ2v) is 6.40. The van der Waals surface area contributed by atoms with Crippen molar-refractivity contribution in [2.24, 2.45) is 0 Å². The van der Waals surface area contributed by atoms with Crippen LogP contribution >= 0.6 is 0 Å². The summed E-state index contributed by atoms with van der Waals surface area (Å²) in [5, 5.41) is 1.47. The minimum Gasteiger partial charge on any atom is -0.399 e. The number of carbonyl (C=O) groups is 1. The Hall–Kier alpha value is -1.56. The monoisotopic (exact) mass is 256 g/mol. The van der Waals surface area contributed by atoms with E-state index >= 15 is 0 Å². The summed E-state index contributed by atoms with van der Waals surface area (Å²) in [5.41, 5.74) is 7.63. The number of sulfone groups is 1. The van der Waals surface area contributed by atoms with Gasteiger partial charge in [0.15, 0.2) is 9.84 Å². The minimum absolute atomic E-state index is 0.539. The highest BCUT2D eigenvalue weighted by atomic mass is 32.2. The van der Waals surface area contributed by atoms with Gasteiger partial charge in [0.2, 0.25) is 5.91 Å². The summed E-state index contributed by atoms with van der Waals surface area (Å²) in [7, 11) is -3.38. The standard InChI is InChI=1S/C11H16N2O3S/c1-7-6-9(4-5-10(7)12)13-11(14)8(2)17(3,15)16/h4-6,8H,12H2,1-3H3,(H,13,14). The fraction of sp³-hybridized carbons (Fsp3) is 0.364. The number of aryl methyl sites for hydroxylation is 1. The SMILES string of the molecule is Cc1cc(NC(=O)C(C)S(C)(=O)=O)ccc1N. The smallest absolute Gasteiger partial charge is 0.242 e. The van der Waals surface area contributed by atoms with E-state index in [1.807, 2.05) is 6.92 Å². The molecule has 94 valence electrons. The molecule has 1 aromatic carbocycles. The van der Waals surface area contributed by atoms with Crippen LogP contribution in [0.2, 0.25) is 0 Å². The molecule has 0 saturated carbocycles. The summed E-state index contributed by atoms with van der Waals surface area (Å²) < 4.78 is 22.4. The topological polar surface area (TPSA) is 89.3 Å². The lowest BCUT2D eigenvalue weighted by atomic mass is 10.2. The first kappa shape index (κ1) is 13.5. The van der Waals surface area contributed by atoms with E-state index in [1.54, 1.807) is 18.2 Å². The maximum atomic E-state index is 11.6. The van der Waals surface area contributed by atoms with Crippen molar-refractivity contribution in [3.63, 3.8) is 0 Å². The Kier molecular flexibility index (Phi) is 3.77. The van der Waals surface area contributed by atoms with E-state index < -0.39 is 21.0 Å². The van der Waals surface area contributed by atoms with Crippen LogP contribution in [0.5, 0.6) is 0 Å². The van der Waals surface area contributed by atoms with Gasteiger partial charge in [-0.2, -0.15) is 0 Å². The van der Waals surface area contributed by atoms with Crippen LogP contribution in [0.1, 0.15) is 12.5 Å². The lowest BCUT2D eigenvalue weighted by Crippen LogP contribution is -2.31. The maximum Gasteiger partial charge on any atom is 0.242 e. The van der Waals surface area contributed by atoms with Crippen LogP contribution in [-0.2, 0) is 14.6 Å². The molecule has 1 amide bonds. The third-order valence-corrected chi connectivity index (χ3v) is 4.05. The number of amides is 1. The van der Waals surface area contributed by atoms with Crippen molar-refractivity contribution in [2.75, 3.05) is 17.3 Å². The minimum atomic E-state index is -3.38. The molecule has 0 aliphatic heterocycles. The van der Waals surface area contributed by atoms with Crippen molar-refractivity contribution in [3.8, 4) is 0 Å². The van der Waals surface area contributed by atoms with E-state index in [4.69, 9.17) is 5.73 Å². The van der Waals surface area contributed by atoms with Gasteiger partial charge in [-0.15, -0.1) is 0 Å². The van der Waals surface area contributed by atoms with Crippen molar-refractivity contribution in [3.05, 3.63) is 23.8 Å². The summed E-state index contributed by atoms with van der Waals surface area (Å²) in [4.78, 5) is 11.6. The highest BCUT2D eigenvalue weighted by molar-refractivity contribution is 7.92. The largest absolute Gasteiger partial charge is 0.399 e. The summed E-state index contributed by atoms with van der Waals surface area (Å²) >= 11 is 0. The van der Waals surface area contributed by atoms with Gasteiger partial charge in [-0.25, -0.2) is 8.42 Å².